The van der Waals surface area contributed by atoms with Crippen LogP contribution < -0.4 is 0 Å². The molecule has 4 fully saturated rings. The summed E-state index contributed by atoms with van der Waals surface area (Å²) in [6.45, 7) is 3.10. The number of carbonyl (C=O) groups excluding carboxylic acids is 1. The van der Waals surface area contributed by atoms with Crippen LogP contribution in [-0.4, -0.2) is 36.6 Å². The van der Waals surface area contributed by atoms with Crippen LogP contribution in [0.1, 0.15) is 37.7 Å². The molecule has 0 radical (unpaired) electrons. The number of carbonyl (C=O) groups is 1. The molecule has 1 aromatic rings. The summed E-state index contributed by atoms with van der Waals surface area (Å²) >= 11 is 0. The van der Waals surface area contributed by atoms with Gasteiger partial charge in [0.05, 0.1) is 5.41 Å². The molecule has 3 saturated heterocycles. The van der Waals surface area contributed by atoms with Crippen molar-refractivity contribution in [2.24, 2.45) is 5.92 Å². The second-order valence-electron chi connectivity index (χ2n) is 7.00. The van der Waals surface area contributed by atoms with E-state index in [2.05, 4.69) is 4.90 Å². The molecule has 5 rings (SSSR count). The lowest BCUT2D eigenvalue weighted by atomic mass is 9.64. The van der Waals surface area contributed by atoms with Gasteiger partial charge in [-0.2, -0.15) is 0 Å². The Morgan fingerprint density at radius 2 is 1.91 bits per heavy atom. The van der Waals surface area contributed by atoms with Crippen molar-refractivity contribution in [1.29, 1.82) is 0 Å². The van der Waals surface area contributed by atoms with Crippen LogP contribution in [0.3, 0.4) is 0 Å². The maximum atomic E-state index is 14.2. The van der Waals surface area contributed by atoms with Gasteiger partial charge >= 0.3 is 5.97 Å². The molecule has 3 nitrogen and oxygen atoms in total. The van der Waals surface area contributed by atoms with Crippen molar-refractivity contribution in [3.8, 4) is 0 Å². The van der Waals surface area contributed by atoms with Gasteiger partial charge in [0.2, 0.25) is 0 Å². The van der Waals surface area contributed by atoms with Gasteiger partial charge in [0, 0.05) is 12.1 Å². The molecule has 0 aromatic heterocycles. The van der Waals surface area contributed by atoms with Crippen molar-refractivity contribution in [2.75, 3.05) is 19.6 Å². The third-order valence-electron chi connectivity index (χ3n) is 5.84. The SMILES string of the molecule is Cl.O=C(OC1CN2CCC1CC2)C1(c2ccccc2F)CCC1. The number of hydrogen-bond donors (Lipinski definition) is 0. The maximum Gasteiger partial charge on any atom is 0.316 e. The lowest BCUT2D eigenvalue weighted by Gasteiger charge is -2.46. The normalized spacial score (nSPS) is 30.9. The van der Waals surface area contributed by atoms with Gasteiger partial charge < -0.3 is 4.74 Å². The minimum Gasteiger partial charge on any atom is -0.460 e. The standard InChI is InChI=1S/C18H22FNO2.ClH/c19-15-5-2-1-4-14(15)18(8-3-9-18)17(21)22-16-12-20-10-6-13(16)7-11-20;/h1-2,4-5,13,16H,3,6-12H2;1H. The highest BCUT2D eigenvalue weighted by Gasteiger charge is 2.50. The van der Waals surface area contributed by atoms with E-state index in [1.807, 2.05) is 0 Å². The van der Waals surface area contributed by atoms with Gasteiger partial charge in [-0.15, -0.1) is 12.4 Å². The first-order chi connectivity index (χ1) is 10.7. The molecular formula is C18H23ClFNO2. The molecule has 0 N–H and O–H groups in total. The Morgan fingerprint density at radius 3 is 2.43 bits per heavy atom. The molecule has 3 heterocycles. The topological polar surface area (TPSA) is 29.5 Å². The fraction of sp³-hybridized carbons (Fsp3) is 0.611. The van der Waals surface area contributed by atoms with Gasteiger partial charge in [0.25, 0.3) is 0 Å². The zero-order valence-corrected chi connectivity index (χ0v) is 14.0. The summed E-state index contributed by atoms with van der Waals surface area (Å²) < 4.78 is 20.1. The predicted octanol–water partition coefficient (Wildman–Crippen LogP) is 3.31. The molecule has 2 bridgehead atoms. The van der Waals surface area contributed by atoms with Crippen molar-refractivity contribution in [3.63, 3.8) is 0 Å². The van der Waals surface area contributed by atoms with Crippen molar-refractivity contribution in [2.45, 2.75) is 43.6 Å². The Bertz CT molecular complexity index is 582. The summed E-state index contributed by atoms with van der Waals surface area (Å²) in [4.78, 5) is 15.2. The number of hydrogen-bond acceptors (Lipinski definition) is 3. The van der Waals surface area contributed by atoms with Gasteiger partial charge in [0.1, 0.15) is 11.9 Å². The highest BCUT2D eigenvalue weighted by Crippen LogP contribution is 2.46. The summed E-state index contributed by atoms with van der Waals surface area (Å²) in [6.07, 6.45) is 4.60. The average molecular weight is 340 g/mol. The number of halogens is 2. The molecule has 1 saturated carbocycles. The minimum absolute atomic E-state index is 0. The van der Waals surface area contributed by atoms with Crippen LogP contribution in [0.15, 0.2) is 24.3 Å². The first kappa shape index (κ1) is 16.7. The Labute approximate surface area is 142 Å². The fourth-order valence-electron chi connectivity index (χ4n) is 4.26. The van der Waals surface area contributed by atoms with Crippen LogP contribution in [0.5, 0.6) is 0 Å². The Balaban J connectivity index is 0.00000156. The predicted molar refractivity (Wildman–Crippen MR) is 88.2 cm³/mol. The smallest absolute Gasteiger partial charge is 0.316 e. The number of esters is 1. The molecule has 0 spiro atoms. The van der Waals surface area contributed by atoms with E-state index in [4.69, 9.17) is 4.74 Å². The van der Waals surface area contributed by atoms with E-state index in [1.54, 1.807) is 18.2 Å². The van der Waals surface area contributed by atoms with Crippen molar-refractivity contribution < 1.29 is 13.9 Å². The molecule has 1 aliphatic carbocycles. The van der Waals surface area contributed by atoms with Crippen molar-refractivity contribution in [3.05, 3.63) is 35.6 Å². The largest absolute Gasteiger partial charge is 0.460 e. The van der Waals surface area contributed by atoms with E-state index in [9.17, 15) is 9.18 Å². The summed E-state index contributed by atoms with van der Waals surface area (Å²) in [5.74, 6) is 0.00219. The molecule has 4 aliphatic rings. The molecule has 0 amide bonds. The van der Waals surface area contributed by atoms with Crippen molar-refractivity contribution in [1.82, 2.24) is 4.90 Å². The molecule has 23 heavy (non-hydrogen) atoms. The number of nitrogens with zero attached hydrogens (tertiary/aromatic N) is 1. The van der Waals surface area contributed by atoms with Crippen LogP contribution in [0, 0.1) is 11.7 Å². The van der Waals surface area contributed by atoms with Gasteiger partial charge in [0.15, 0.2) is 0 Å². The number of rotatable bonds is 3. The number of piperidine rings is 3. The third-order valence-corrected chi connectivity index (χ3v) is 5.84. The molecule has 5 heteroatoms. The van der Waals surface area contributed by atoms with E-state index in [0.29, 0.717) is 24.3 Å². The Morgan fingerprint density at radius 1 is 1.22 bits per heavy atom. The quantitative estimate of drug-likeness (QED) is 0.791. The van der Waals surface area contributed by atoms with E-state index in [-0.39, 0.29) is 30.3 Å². The van der Waals surface area contributed by atoms with Gasteiger partial charge in [-0.3, -0.25) is 9.69 Å². The first-order valence-electron chi connectivity index (χ1n) is 8.37. The lowest BCUT2D eigenvalue weighted by molar-refractivity contribution is -0.169. The van der Waals surface area contributed by atoms with Gasteiger partial charge in [-0.1, -0.05) is 24.6 Å². The van der Waals surface area contributed by atoms with Crippen LogP contribution >= 0.6 is 12.4 Å². The summed E-state index contributed by atoms with van der Waals surface area (Å²) in [6, 6.07) is 6.66. The summed E-state index contributed by atoms with van der Waals surface area (Å²) in [7, 11) is 0. The van der Waals surface area contributed by atoms with Gasteiger partial charge in [-0.25, -0.2) is 4.39 Å². The highest BCUT2D eigenvalue weighted by atomic mass is 35.5. The highest BCUT2D eigenvalue weighted by molar-refractivity contribution is 5.85. The number of ether oxygens (including phenoxy) is 1. The molecule has 1 atom stereocenters. The molecule has 1 aromatic carbocycles. The first-order valence-corrected chi connectivity index (χ1v) is 8.37. The maximum absolute atomic E-state index is 14.2. The van der Waals surface area contributed by atoms with E-state index < -0.39 is 5.41 Å². The minimum atomic E-state index is -0.739. The molecular weight excluding hydrogens is 317 g/mol. The van der Waals surface area contributed by atoms with Crippen LogP contribution in [-0.2, 0) is 14.9 Å². The molecule has 3 aliphatic heterocycles. The van der Waals surface area contributed by atoms with Gasteiger partial charge in [-0.05, 0) is 50.8 Å². The monoisotopic (exact) mass is 339 g/mol. The number of fused-ring (bicyclic) bond motifs is 3. The Hall–Kier alpha value is -1.13. The average Bonchev–Trinajstić information content (AvgIpc) is 2.49. The van der Waals surface area contributed by atoms with E-state index in [0.717, 1.165) is 38.9 Å². The van der Waals surface area contributed by atoms with Crippen molar-refractivity contribution >= 4 is 18.4 Å². The zero-order chi connectivity index (χ0) is 15.2. The van der Waals surface area contributed by atoms with Crippen LogP contribution in [0.2, 0.25) is 0 Å². The second kappa shape index (κ2) is 6.40. The van der Waals surface area contributed by atoms with E-state index >= 15 is 0 Å². The van der Waals surface area contributed by atoms with E-state index in [1.165, 1.54) is 6.07 Å². The number of benzene rings is 1. The second-order valence-corrected chi connectivity index (χ2v) is 7.00. The summed E-state index contributed by atoms with van der Waals surface area (Å²) in [5, 5.41) is 0. The molecule has 126 valence electrons. The van der Waals surface area contributed by atoms with Crippen LogP contribution in [0.25, 0.3) is 0 Å². The molecule has 1 unspecified atom stereocenters. The summed E-state index contributed by atoms with van der Waals surface area (Å²) in [5.41, 5.74) is -0.218. The fourth-order valence-corrected chi connectivity index (χ4v) is 4.26. The third kappa shape index (κ3) is 2.76. The zero-order valence-electron chi connectivity index (χ0n) is 13.2. The Kier molecular flexibility index (Phi) is 4.65. The lowest BCUT2D eigenvalue weighted by Crippen LogP contribution is -2.54. The van der Waals surface area contributed by atoms with Crippen LogP contribution in [0.4, 0.5) is 4.39 Å².